The zero-order valence-corrected chi connectivity index (χ0v) is 17.9. The van der Waals surface area contributed by atoms with Crippen LogP contribution in [0.1, 0.15) is 81.6 Å². The van der Waals surface area contributed by atoms with E-state index in [1.54, 1.807) is 0 Å². The van der Waals surface area contributed by atoms with Crippen molar-refractivity contribution in [2.75, 3.05) is 0 Å². The Labute approximate surface area is 153 Å². The number of rotatable bonds is 7. The molecule has 24 heavy (non-hydrogen) atoms. The second-order valence-corrected chi connectivity index (χ2v) is 5.87. The van der Waals surface area contributed by atoms with Gasteiger partial charge in [0.15, 0.2) is 0 Å². The Bertz CT molecular complexity index is 381. The van der Waals surface area contributed by atoms with E-state index in [2.05, 4.69) is 91.5 Å². The molecule has 0 radical (unpaired) electrons. The molecular weight excluding hydrogens is 292 g/mol. The summed E-state index contributed by atoms with van der Waals surface area (Å²) in [7, 11) is 0. The summed E-state index contributed by atoms with van der Waals surface area (Å²) < 4.78 is 0. The first-order valence-electron chi connectivity index (χ1n) is 9.20. The maximum atomic E-state index is 3.93. The maximum absolute atomic E-state index is 3.93. The van der Waals surface area contributed by atoms with Crippen molar-refractivity contribution in [3.05, 3.63) is 59.8 Å². The average molecular weight is 337 g/mol. The van der Waals surface area contributed by atoms with E-state index in [1.165, 1.54) is 23.1 Å². The van der Waals surface area contributed by atoms with E-state index in [1.807, 2.05) is 13.8 Å². The number of hydrogen-bond donors (Lipinski definition) is 0. The predicted octanol–water partition coefficient (Wildman–Crippen LogP) is 7.62. The SMILES string of the molecule is C=C(C)CC(C)/C=C/C=C/C(C)=C/C=C(/C)CC.CC.CCC.O. The summed E-state index contributed by atoms with van der Waals surface area (Å²) in [5, 5.41) is 0. The largest absolute Gasteiger partial charge is 0.412 e. The van der Waals surface area contributed by atoms with E-state index in [0.29, 0.717) is 5.92 Å². The van der Waals surface area contributed by atoms with E-state index in [9.17, 15) is 0 Å². The van der Waals surface area contributed by atoms with E-state index in [4.69, 9.17) is 0 Å². The summed E-state index contributed by atoms with van der Waals surface area (Å²) in [6, 6.07) is 0. The molecule has 0 heterocycles. The van der Waals surface area contributed by atoms with Crippen molar-refractivity contribution in [2.24, 2.45) is 5.92 Å². The molecule has 0 aromatic rings. The zero-order valence-electron chi connectivity index (χ0n) is 17.9. The van der Waals surface area contributed by atoms with Crippen molar-refractivity contribution in [2.45, 2.75) is 81.6 Å². The molecule has 0 aliphatic rings. The first-order chi connectivity index (χ1) is 10.9. The van der Waals surface area contributed by atoms with Crippen LogP contribution in [-0.2, 0) is 0 Å². The molecule has 0 saturated carbocycles. The minimum atomic E-state index is 0. The highest BCUT2D eigenvalue weighted by Gasteiger charge is 1.94. The summed E-state index contributed by atoms with van der Waals surface area (Å²) in [4.78, 5) is 0. The molecule has 0 fully saturated rings. The predicted molar refractivity (Wildman–Crippen MR) is 116 cm³/mol. The Morgan fingerprint density at radius 1 is 0.958 bits per heavy atom. The third kappa shape index (κ3) is 28.8. The standard InChI is InChI=1S/C18H28.C3H8.C2H6.H2O/c1-7-16(4)12-13-17(5)10-8-9-11-18(6)14-15(2)3;1-3-2;1-2;/h8-13,18H,2,7,14H2,1,3-6H3;3H2,1-2H3;1-2H3;1H2/b10-8+,11-9+,16-12-,17-13+;;;. The Balaban J connectivity index is -0.000000297. The molecule has 0 rings (SSSR count). The van der Waals surface area contributed by atoms with Crippen molar-refractivity contribution in [3.8, 4) is 0 Å². The second-order valence-electron chi connectivity index (χ2n) is 5.87. The van der Waals surface area contributed by atoms with Crippen molar-refractivity contribution >= 4 is 0 Å². The lowest BCUT2D eigenvalue weighted by molar-refractivity contribution is 0.718. The van der Waals surface area contributed by atoms with Gasteiger partial charge in [-0.15, -0.1) is 6.58 Å². The van der Waals surface area contributed by atoms with Gasteiger partial charge in [-0.2, -0.15) is 0 Å². The van der Waals surface area contributed by atoms with Crippen LogP contribution < -0.4 is 0 Å². The van der Waals surface area contributed by atoms with Gasteiger partial charge in [-0.05, 0) is 39.5 Å². The van der Waals surface area contributed by atoms with Crippen molar-refractivity contribution in [1.82, 2.24) is 0 Å². The quantitative estimate of drug-likeness (QED) is 0.338. The molecule has 0 aromatic carbocycles. The first-order valence-corrected chi connectivity index (χ1v) is 9.20. The van der Waals surface area contributed by atoms with Gasteiger partial charge in [0.25, 0.3) is 0 Å². The fourth-order valence-corrected chi connectivity index (χ4v) is 1.53. The highest BCUT2D eigenvalue weighted by molar-refractivity contribution is 5.25. The third-order valence-electron chi connectivity index (χ3n) is 2.77. The normalized spacial score (nSPS) is 12.7. The van der Waals surface area contributed by atoms with Gasteiger partial charge >= 0.3 is 0 Å². The van der Waals surface area contributed by atoms with Gasteiger partial charge in [0, 0.05) is 0 Å². The molecule has 1 atom stereocenters. The first kappa shape index (κ1) is 30.5. The van der Waals surface area contributed by atoms with Crippen LogP contribution in [-0.4, -0.2) is 5.48 Å². The van der Waals surface area contributed by atoms with Gasteiger partial charge in [-0.3, -0.25) is 0 Å². The lowest BCUT2D eigenvalue weighted by atomic mass is 10.0. The number of hydrogen-bond acceptors (Lipinski definition) is 0. The van der Waals surface area contributed by atoms with Gasteiger partial charge in [0.1, 0.15) is 0 Å². The summed E-state index contributed by atoms with van der Waals surface area (Å²) in [6.45, 7) is 22.9. The summed E-state index contributed by atoms with van der Waals surface area (Å²) in [6.07, 6.45) is 16.4. The van der Waals surface area contributed by atoms with E-state index >= 15 is 0 Å². The molecule has 142 valence electrons. The summed E-state index contributed by atoms with van der Waals surface area (Å²) in [5.74, 6) is 0.568. The van der Waals surface area contributed by atoms with E-state index < -0.39 is 0 Å². The second kappa shape index (κ2) is 23.9. The Morgan fingerprint density at radius 3 is 1.88 bits per heavy atom. The van der Waals surface area contributed by atoms with E-state index in [0.717, 1.165) is 12.8 Å². The lowest BCUT2D eigenvalue weighted by Gasteiger charge is -2.03. The maximum Gasteiger partial charge on any atom is -0.0222 e. The van der Waals surface area contributed by atoms with Crippen molar-refractivity contribution < 1.29 is 5.48 Å². The molecule has 0 bridgehead atoms. The van der Waals surface area contributed by atoms with Crippen LogP contribution >= 0.6 is 0 Å². The molecule has 1 heteroatoms. The van der Waals surface area contributed by atoms with Gasteiger partial charge in [-0.25, -0.2) is 0 Å². The average Bonchev–Trinajstić information content (AvgIpc) is 2.51. The van der Waals surface area contributed by atoms with Crippen LogP contribution in [0, 0.1) is 5.92 Å². The van der Waals surface area contributed by atoms with Crippen LogP contribution in [0.15, 0.2) is 59.8 Å². The van der Waals surface area contributed by atoms with Crippen LogP contribution in [0.4, 0.5) is 0 Å². The Hall–Kier alpha value is -1.34. The molecule has 2 N–H and O–H groups in total. The summed E-state index contributed by atoms with van der Waals surface area (Å²) >= 11 is 0. The minimum absolute atomic E-state index is 0. The van der Waals surface area contributed by atoms with Crippen molar-refractivity contribution in [1.29, 1.82) is 0 Å². The third-order valence-corrected chi connectivity index (χ3v) is 2.77. The van der Waals surface area contributed by atoms with Crippen LogP contribution in [0.3, 0.4) is 0 Å². The molecule has 0 saturated heterocycles. The molecule has 1 nitrogen and oxygen atoms in total. The lowest BCUT2D eigenvalue weighted by Crippen LogP contribution is -1.88. The Kier molecular flexibility index (Phi) is 30.4. The van der Waals surface area contributed by atoms with Crippen LogP contribution in [0.5, 0.6) is 0 Å². The molecular formula is C23H44O. The van der Waals surface area contributed by atoms with Gasteiger partial charge in [0.05, 0.1) is 0 Å². The highest BCUT2D eigenvalue weighted by Crippen LogP contribution is 2.10. The number of allylic oxidation sites excluding steroid dienone is 9. The zero-order chi connectivity index (χ0) is 18.7. The molecule has 1 unspecified atom stereocenters. The monoisotopic (exact) mass is 336 g/mol. The molecule has 0 spiro atoms. The van der Waals surface area contributed by atoms with Crippen LogP contribution in [0.25, 0.3) is 0 Å². The fourth-order valence-electron chi connectivity index (χ4n) is 1.53. The topological polar surface area (TPSA) is 31.5 Å². The van der Waals surface area contributed by atoms with Gasteiger partial charge in [-0.1, -0.05) is 101 Å². The fraction of sp³-hybridized carbons (Fsp3) is 0.565. The smallest absolute Gasteiger partial charge is 0.0222 e. The van der Waals surface area contributed by atoms with E-state index in [-0.39, 0.29) is 5.48 Å². The highest BCUT2D eigenvalue weighted by atomic mass is 16.0. The van der Waals surface area contributed by atoms with Crippen LogP contribution in [0.2, 0.25) is 0 Å². The minimum Gasteiger partial charge on any atom is -0.412 e. The molecule has 0 amide bonds. The molecule has 0 aromatic heterocycles. The van der Waals surface area contributed by atoms with Gasteiger partial charge < -0.3 is 5.48 Å². The Morgan fingerprint density at radius 2 is 1.46 bits per heavy atom. The summed E-state index contributed by atoms with van der Waals surface area (Å²) in [5.41, 5.74) is 3.93. The van der Waals surface area contributed by atoms with Crippen molar-refractivity contribution in [3.63, 3.8) is 0 Å². The molecule has 0 aliphatic heterocycles. The molecule has 0 aliphatic carbocycles. The van der Waals surface area contributed by atoms with Gasteiger partial charge in [0.2, 0.25) is 0 Å².